The number of nitrogens with zero attached hydrogens (tertiary/aromatic N) is 1. The fraction of sp³-hybridized carbons (Fsp3) is 0.462. The third-order valence-corrected chi connectivity index (χ3v) is 4.29. The Morgan fingerprint density at radius 2 is 2.06 bits per heavy atom. The van der Waals surface area contributed by atoms with E-state index in [2.05, 4.69) is 31.1 Å². The number of anilines is 1. The summed E-state index contributed by atoms with van der Waals surface area (Å²) in [4.78, 5) is 4.32. The van der Waals surface area contributed by atoms with Crippen molar-refractivity contribution < 1.29 is 8.42 Å². The van der Waals surface area contributed by atoms with E-state index in [0.717, 1.165) is 5.56 Å². The second kappa shape index (κ2) is 4.39. The lowest BCUT2D eigenvalue weighted by atomic mass is 9.88. The molecule has 1 N–H and O–H groups in total. The number of nitrogens with one attached hydrogen (secondary N) is 1. The molecule has 1 aliphatic rings. The van der Waals surface area contributed by atoms with Crippen LogP contribution in [0.3, 0.4) is 0 Å². The molecule has 0 bridgehead atoms. The van der Waals surface area contributed by atoms with Gasteiger partial charge in [0.15, 0.2) is 9.84 Å². The molecule has 5 heteroatoms. The normalized spacial score (nSPS) is 22.1. The van der Waals surface area contributed by atoms with E-state index in [9.17, 15) is 8.42 Å². The highest BCUT2D eigenvalue weighted by atomic mass is 32.2. The van der Waals surface area contributed by atoms with E-state index in [-0.39, 0.29) is 17.2 Å². The lowest BCUT2D eigenvalue weighted by Gasteiger charge is -2.19. The van der Waals surface area contributed by atoms with Crippen LogP contribution in [0.1, 0.15) is 26.3 Å². The monoisotopic (exact) mass is 266 g/mol. The van der Waals surface area contributed by atoms with Gasteiger partial charge >= 0.3 is 0 Å². The first kappa shape index (κ1) is 13.1. The van der Waals surface area contributed by atoms with E-state index >= 15 is 0 Å². The molecule has 0 saturated carbocycles. The van der Waals surface area contributed by atoms with Crippen LogP contribution in [0.25, 0.3) is 0 Å². The molecule has 1 unspecified atom stereocenters. The molecule has 2 rings (SSSR count). The van der Waals surface area contributed by atoms with Crippen molar-refractivity contribution in [1.82, 2.24) is 4.98 Å². The first-order chi connectivity index (χ1) is 8.26. The van der Waals surface area contributed by atoms with Crippen LogP contribution in [-0.2, 0) is 15.3 Å². The first-order valence-electron chi connectivity index (χ1n) is 5.90. The van der Waals surface area contributed by atoms with Crippen molar-refractivity contribution in [2.45, 2.75) is 32.2 Å². The molecule has 0 aliphatic carbocycles. The Hall–Kier alpha value is -1.36. The van der Waals surface area contributed by atoms with Crippen LogP contribution in [0, 0.1) is 0 Å². The molecule has 18 heavy (non-hydrogen) atoms. The molecule has 4 nitrogen and oxygen atoms in total. The summed E-state index contributed by atoms with van der Waals surface area (Å²) in [5.74, 6) is 0.810. The molecule has 1 aromatic heterocycles. The Morgan fingerprint density at radius 1 is 1.33 bits per heavy atom. The molecule has 0 aromatic carbocycles. The van der Waals surface area contributed by atoms with Crippen LogP contribution in [0.2, 0.25) is 0 Å². The van der Waals surface area contributed by atoms with Crippen molar-refractivity contribution >= 4 is 15.7 Å². The summed E-state index contributed by atoms with van der Waals surface area (Å²) in [7, 11) is -3.02. The minimum Gasteiger partial charge on any atom is -0.363 e. The SMILES string of the molecule is CC(C)(C)c1ccc(NC2C=CS(=O)(=O)C2)nc1. The first-order valence-corrected chi connectivity index (χ1v) is 7.62. The van der Waals surface area contributed by atoms with Crippen molar-refractivity contribution in [2.75, 3.05) is 11.1 Å². The van der Waals surface area contributed by atoms with E-state index in [4.69, 9.17) is 0 Å². The van der Waals surface area contributed by atoms with Gasteiger partial charge in [-0.25, -0.2) is 13.4 Å². The Kier molecular flexibility index (Phi) is 3.19. The molecule has 0 saturated heterocycles. The van der Waals surface area contributed by atoms with E-state index in [1.165, 1.54) is 5.41 Å². The minimum atomic E-state index is -3.02. The van der Waals surface area contributed by atoms with Crippen molar-refractivity contribution in [3.63, 3.8) is 0 Å². The standard InChI is InChI=1S/C13H18N2O2S/c1-13(2,3)10-4-5-12(14-8-10)15-11-6-7-18(16,17)9-11/h4-8,11H,9H2,1-3H3,(H,14,15). The van der Waals surface area contributed by atoms with Gasteiger partial charge in [0.25, 0.3) is 0 Å². The number of rotatable bonds is 2. The van der Waals surface area contributed by atoms with Gasteiger partial charge in [-0.2, -0.15) is 0 Å². The zero-order chi connectivity index (χ0) is 13.4. The minimum absolute atomic E-state index is 0.0716. The van der Waals surface area contributed by atoms with Gasteiger partial charge in [0, 0.05) is 11.6 Å². The maximum Gasteiger partial charge on any atom is 0.173 e. The highest BCUT2D eigenvalue weighted by Gasteiger charge is 2.21. The molecule has 0 fully saturated rings. The Morgan fingerprint density at radius 3 is 2.50 bits per heavy atom. The number of aromatic nitrogens is 1. The number of pyridine rings is 1. The van der Waals surface area contributed by atoms with Crippen LogP contribution < -0.4 is 5.32 Å². The molecular formula is C13H18N2O2S. The van der Waals surface area contributed by atoms with E-state index in [1.54, 1.807) is 6.08 Å². The zero-order valence-electron chi connectivity index (χ0n) is 10.8. The fourth-order valence-corrected chi connectivity index (χ4v) is 3.01. The Bertz CT molecular complexity index is 554. The van der Waals surface area contributed by atoms with Crippen molar-refractivity contribution in [3.8, 4) is 0 Å². The molecule has 0 radical (unpaired) electrons. The third kappa shape index (κ3) is 3.10. The summed E-state index contributed by atoms with van der Waals surface area (Å²) < 4.78 is 22.5. The summed E-state index contributed by atoms with van der Waals surface area (Å²) in [6.45, 7) is 6.39. The molecule has 1 atom stereocenters. The quantitative estimate of drug-likeness (QED) is 0.890. The Labute approximate surface area is 108 Å². The predicted octanol–water partition coefficient (Wildman–Crippen LogP) is 2.10. The largest absolute Gasteiger partial charge is 0.363 e. The van der Waals surface area contributed by atoms with Crippen LogP contribution in [-0.4, -0.2) is 25.2 Å². The Balaban J connectivity index is 2.06. The van der Waals surface area contributed by atoms with Gasteiger partial charge in [0.05, 0.1) is 11.8 Å². The van der Waals surface area contributed by atoms with E-state index < -0.39 is 9.84 Å². The van der Waals surface area contributed by atoms with Crippen LogP contribution in [0.15, 0.2) is 29.8 Å². The lowest BCUT2D eigenvalue weighted by Crippen LogP contribution is -2.21. The molecule has 0 spiro atoms. The second-order valence-electron chi connectivity index (χ2n) is 5.59. The van der Waals surface area contributed by atoms with Gasteiger partial charge in [-0.3, -0.25) is 0 Å². The van der Waals surface area contributed by atoms with Gasteiger partial charge in [-0.05, 0) is 23.1 Å². The summed E-state index contributed by atoms with van der Waals surface area (Å²) in [6.07, 6.45) is 3.49. The molecular weight excluding hydrogens is 248 g/mol. The van der Waals surface area contributed by atoms with Gasteiger partial charge in [0.1, 0.15) is 5.82 Å². The number of sulfone groups is 1. The zero-order valence-corrected chi connectivity index (χ0v) is 11.7. The molecule has 98 valence electrons. The number of hydrogen-bond donors (Lipinski definition) is 1. The summed E-state index contributed by atoms with van der Waals surface area (Å²) in [5, 5.41) is 4.36. The van der Waals surface area contributed by atoms with Gasteiger partial charge in [0.2, 0.25) is 0 Å². The maximum absolute atomic E-state index is 11.3. The van der Waals surface area contributed by atoms with Gasteiger partial charge < -0.3 is 5.32 Å². The fourth-order valence-electron chi connectivity index (χ4n) is 1.78. The molecule has 2 heterocycles. The third-order valence-electron chi connectivity index (χ3n) is 2.89. The topological polar surface area (TPSA) is 59.1 Å². The van der Waals surface area contributed by atoms with Crippen molar-refractivity contribution in [1.29, 1.82) is 0 Å². The average Bonchev–Trinajstić information content (AvgIpc) is 2.57. The van der Waals surface area contributed by atoms with Crippen molar-refractivity contribution in [3.05, 3.63) is 35.4 Å². The summed E-state index contributed by atoms with van der Waals surface area (Å²) >= 11 is 0. The second-order valence-corrected chi connectivity index (χ2v) is 7.52. The molecule has 0 amide bonds. The molecule has 1 aliphatic heterocycles. The van der Waals surface area contributed by atoms with E-state index in [0.29, 0.717) is 5.82 Å². The molecule has 1 aromatic rings. The van der Waals surface area contributed by atoms with Crippen molar-refractivity contribution in [2.24, 2.45) is 0 Å². The highest BCUT2D eigenvalue weighted by Crippen LogP contribution is 2.22. The van der Waals surface area contributed by atoms with Crippen LogP contribution in [0.5, 0.6) is 0 Å². The smallest absolute Gasteiger partial charge is 0.173 e. The van der Waals surface area contributed by atoms with Crippen LogP contribution in [0.4, 0.5) is 5.82 Å². The van der Waals surface area contributed by atoms with Crippen LogP contribution >= 0.6 is 0 Å². The lowest BCUT2D eigenvalue weighted by molar-refractivity contribution is 0.587. The predicted molar refractivity (Wildman–Crippen MR) is 73.3 cm³/mol. The average molecular weight is 266 g/mol. The summed E-state index contributed by atoms with van der Waals surface area (Å²) in [6, 6.07) is 3.73. The number of hydrogen-bond acceptors (Lipinski definition) is 4. The van der Waals surface area contributed by atoms with Gasteiger partial charge in [-0.15, -0.1) is 0 Å². The van der Waals surface area contributed by atoms with Gasteiger partial charge in [-0.1, -0.05) is 26.8 Å². The highest BCUT2D eigenvalue weighted by molar-refractivity contribution is 7.94. The van der Waals surface area contributed by atoms with E-state index in [1.807, 2.05) is 18.3 Å². The summed E-state index contributed by atoms with van der Waals surface area (Å²) in [5.41, 5.74) is 1.23. The maximum atomic E-state index is 11.3.